The number of pyridine rings is 1. The molecule has 1 aromatic heterocycles. The summed E-state index contributed by atoms with van der Waals surface area (Å²) >= 11 is 0. The van der Waals surface area contributed by atoms with Crippen molar-refractivity contribution >= 4 is 5.91 Å². The first kappa shape index (κ1) is 18.2. The molecule has 3 unspecified atom stereocenters. The van der Waals surface area contributed by atoms with Gasteiger partial charge in [0.25, 0.3) is 5.91 Å². The van der Waals surface area contributed by atoms with Gasteiger partial charge in [-0.25, -0.2) is 4.98 Å². The van der Waals surface area contributed by atoms with Gasteiger partial charge < -0.3 is 19.9 Å². The monoisotopic (exact) mass is 356 g/mol. The number of aromatic hydroxyl groups is 1. The van der Waals surface area contributed by atoms with Gasteiger partial charge >= 0.3 is 0 Å². The van der Waals surface area contributed by atoms with E-state index in [-0.39, 0.29) is 35.4 Å². The second-order valence-electron chi connectivity index (χ2n) is 6.61. The molecule has 1 aromatic carbocycles. The highest BCUT2D eigenvalue weighted by atomic mass is 16.5. The van der Waals surface area contributed by atoms with Gasteiger partial charge in [0.05, 0.1) is 19.3 Å². The van der Waals surface area contributed by atoms with Gasteiger partial charge in [-0.3, -0.25) is 4.79 Å². The molecule has 2 heterocycles. The Bertz CT molecular complexity index is 751. The Hall–Kier alpha value is -2.60. The van der Waals surface area contributed by atoms with Crippen molar-refractivity contribution in [2.45, 2.75) is 44.4 Å². The Kier molecular flexibility index (Phi) is 5.73. The van der Waals surface area contributed by atoms with Crippen LogP contribution in [0.15, 0.2) is 42.6 Å². The highest BCUT2D eigenvalue weighted by molar-refractivity contribution is 5.95. The molecule has 2 aromatic rings. The fraction of sp³-hybridized carbons (Fsp3) is 0.400. The van der Waals surface area contributed by atoms with E-state index in [1.807, 2.05) is 25.1 Å². The van der Waals surface area contributed by atoms with Crippen LogP contribution < -0.4 is 10.1 Å². The molecule has 1 aliphatic heterocycles. The predicted octanol–water partition coefficient (Wildman–Crippen LogP) is 2.70. The summed E-state index contributed by atoms with van der Waals surface area (Å²) in [6, 6.07) is 11.6. The molecule has 1 fully saturated rings. The zero-order chi connectivity index (χ0) is 18.5. The molecule has 6 nitrogen and oxygen atoms in total. The van der Waals surface area contributed by atoms with E-state index in [0.717, 1.165) is 19.3 Å². The summed E-state index contributed by atoms with van der Waals surface area (Å²) in [6.07, 6.45) is 3.78. The van der Waals surface area contributed by atoms with Crippen LogP contribution in [-0.2, 0) is 11.2 Å². The largest absolute Gasteiger partial charge is 0.503 e. The van der Waals surface area contributed by atoms with E-state index < -0.39 is 5.91 Å². The molecule has 26 heavy (non-hydrogen) atoms. The number of nitrogens with one attached hydrogen (secondary N) is 1. The number of hydrogen-bond donors (Lipinski definition) is 2. The van der Waals surface area contributed by atoms with Crippen molar-refractivity contribution in [1.82, 2.24) is 10.3 Å². The van der Waals surface area contributed by atoms with Gasteiger partial charge in [0.1, 0.15) is 0 Å². The Morgan fingerprint density at radius 3 is 2.81 bits per heavy atom. The molecule has 0 bridgehead atoms. The number of carbonyl (C=O) groups is 1. The van der Waals surface area contributed by atoms with Crippen molar-refractivity contribution in [3.8, 4) is 11.5 Å². The quantitative estimate of drug-likeness (QED) is 0.861. The van der Waals surface area contributed by atoms with Crippen LogP contribution in [0.2, 0.25) is 0 Å². The second-order valence-corrected chi connectivity index (χ2v) is 6.61. The van der Waals surface area contributed by atoms with Gasteiger partial charge in [-0.1, -0.05) is 30.3 Å². The molecule has 6 heteroatoms. The molecule has 0 aliphatic carbocycles. The molecular formula is C20H24N2O4. The second kappa shape index (κ2) is 8.19. The number of benzene rings is 1. The molecule has 0 radical (unpaired) electrons. The fourth-order valence-corrected chi connectivity index (χ4v) is 3.40. The molecule has 3 rings (SSSR count). The van der Waals surface area contributed by atoms with E-state index in [9.17, 15) is 9.90 Å². The lowest BCUT2D eigenvalue weighted by Crippen LogP contribution is -2.45. The van der Waals surface area contributed by atoms with Crippen molar-refractivity contribution in [2.24, 2.45) is 0 Å². The zero-order valence-electron chi connectivity index (χ0n) is 15.0. The zero-order valence-corrected chi connectivity index (χ0v) is 15.0. The van der Waals surface area contributed by atoms with Crippen LogP contribution in [0.5, 0.6) is 11.5 Å². The van der Waals surface area contributed by atoms with Gasteiger partial charge in [-0.05, 0) is 31.7 Å². The molecule has 1 aliphatic rings. The van der Waals surface area contributed by atoms with Crippen LogP contribution in [0.1, 0.15) is 35.8 Å². The lowest BCUT2D eigenvalue weighted by molar-refractivity contribution is -0.0498. The van der Waals surface area contributed by atoms with Crippen LogP contribution in [-0.4, -0.2) is 41.4 Å². The molecule has 138 valence electrons. The molecule has 1 amide bonds. The van der Waals surface area contributed by atoms with Crippen molar-refractivity contribution in [3.63, 3.8) is 0 Å². The minimum Gasteiger partial charge on any atom is -0.503 e. The highest BCUT2D eigenvalue weighted by Gasteiger charge is 2.29. The van der Waals surface area contributed by atoms with E-state index >= 15 is 0 Å². The number of ether oxygens (including phenoxy) is 2. The Labute approximate surface area is 153 Å². The van der Waals surface area contributed by atoms with Crippen molar-refractivity contribution in [2.75, 3.05) is 7.11 Å². The molecular weight excluding hydrogens is 332 g/mol. The summed E-state index contributed by atoms with van der Waals surface area (Å²) in [5.74, 6) is -0.417. The first-order chi connectivity index (χ1) is 12.6. The van der Waals surface area contributed by atoms with Crippen LogP contribution in [0.3, 0.4) is 0 Å². The normalized spacial score (nSPS) is 22.6. The summed E-state index contributed by atoms with van der Waals surface area (Å²) in [6.45, 7) is 2.01. The van der Waals surface area contributed by atoms with Gasteiger partial charge in [-0.15, -0.1) is 0 Å². The van der Waals surface area contributed by atoms with Crippen LogP contribution in [0.4, 0.5) is 0 Å². The van der Waals surface area contributed by atoms with Gasteiger partial charge in [0, 0.05) is 18.3 Å². The maximum Gasteiger partial charge on any atom is 0.274 e. The summed E-state index contributed by atoms with van der Waals surface area (Å²) in [5.41, 5.74) is 1.19. The van der Waals surface area contributed by atoms with Gasteiger partial charge in [-0.2, -0.15) is 0 Å². The van der Waals surface area contributed by atoms with E-state index in [1.165, 1.54) is 24.9 Å². The Morgan fingerprint density at radius 1 is 1.31 bits per heavy atom. The van der Waals surface area contributed by atoms with Crippen molar-refractivity contribution in [3.05, 3.63) is 53.9 Å². The van der Waals surface area contributed by atoms with Crippen molar-refractivity contribution in [1.29, 1.82) is 0 Å². The standard InChI is InChI=1S/C20H24N2O4/c1-13-10-15(12-16(26-13)11-14-6-4-3-5-7-14)22-20(24)18-19(23)17(25-2)8-9-21-18/h3-9,13,15-16,23H,10-12H2,1-2H3,(H,22,24). The number of methoxy groups -OCH3 is 1. The van der Waals surface area contributed by atoms with E-state index in [0.29, 0.717) is 0 Å². The average Bonchev–Trinajstić information content (AvgIpc) is 2.62. The maximum atomic E-state index is 12.5. The first-order valence-corrected chi connectivity index (χ1v) is 8.79. The third-order valence-electron chi connectivity index (χ3n) is 4.55. The van der Waals surface area contributed by atoms with Crippen LogP contribution in [0.25, 0.3) is 0 Å². The molecule has 3 atom stereocenters. The lowest BCUT2D eigenvalue weighted by atomic mass is 9.94. The summed E-state index contributed by atoms with van der Waals surface area (Å²) in [5, 5.41) is 13.1. The van der Waals surface area contributed by atoms with E-state index in [1.54, 1.807) is 0 Å². The number of aromatic nitrogens is 1. The van der Waals surface area contributed by atoms with Gasteiger partial charge in [0.2, 0.25) is 0 Å². The number of nitrogens with zero attached hydrogens (tertiary/aromatic N) is 1. The van der Waals surface area contributed by atoms with Gasteiger partial charge in [0.15, 0.2) is 17.2 Å². The fourth-order valence-electron chi connectivity index (χ4n) is 3.40. The number of carbonyl (C=O) groups excluding carboxylic acids is 1. The summed E-state index contributed by atoms with van der Waals surface area (Å²) in [4.78, 5) is 16.5. The Balaban J connectivity index is 1.66. The molecule has 0 saturated carbocycles. The molecule has 2 N–H and O–H groups in total. The summed E-state index contributed by atoms with van der Waals surface area (Å²) < 4.78 is 11.1. The average molecular weight is 356 g/mol. The minimum atomic E-state index is -0.404. The van der Waals surface area contributed by atoms with Crippen molar-refractivity contribution < 1.29 is 19.4 Å². The minimum absolute atomic E-state index is 0.0249. The molecule has 1 saturated heterocycles. The third-order valence-corrected chi connectivity index (χ3v) is 4.55. The third kappa shape index (κ3) is 4.32. The van der Waals surface area contributed by atoms with E-state index in [4.69, 9.17) is 9.47 Å². The number of hydrogen-bond acceptors (Lipinski definition) is 5. The maximum absolute atomic E-state index is 12.5. The summed E-state index contributed by atoms with van der Waals surface area (Å²) in [7, 11) is 1.44. The van der Waals surface area contributed by atoms with Crippen LogP contribution in [0, 0.1) is 0 Å². The van der Waals surface area contributed by atoms with E-state index in [2.05, 4.69) is 22.4 Å². The smallest absolute Gasteiger partial charge is 0.274 e. The molecule has 0 spiro atoms. The predicted molar refractivity (Wildman–Crippen MR) is 97.4 cm³/mol. The Morgan fingerprint density at radius 2 is 2.08 bits per heavy atom. The number of amides is 1. The first-order valence-electron chi connectivity index (χ1n) is 8.79. The highest BCUT2D eigenvalue weighted by Crippen LogP contribution is 2.28. The lowest BCUT2D eigenvalue weighted by Gasteiger charge is -2.34. The topological polar surface area (TPSA) is 80.7 Å². The SMILES string of the molecule is COc1ccnc(C(=O)NC2CC(C)OC(Cc3ccccc3)C2)c1O. The number of rotatable bonds is 5. The van der Waals surface area contributed by atoms with Crippen LogP contribution >= 0.6 is 0 Å².